The summed E-state index contributed by atoms with van der Waals surface area (Å²) in [4.78, 5) is 13.6. The van der Waals surface area contributed by atoms with Crippen molar-refractivity contribution in [2.75, 3.05) is 0 Å². The lowest BCUT2D eigenvalue weighted by Crippen LogP contribution is -2.55. The van der Waals surface area contributed by atoms with Gasteiger partial charge in [-0.15, -0.1) is 0 Å². The standard InChI is InChI=1S/C10H13NO2/c1-7-6-8(2)11(7)10(12)9-4-3-5-13-9/h3-5,7-8H,6H2,1-2H3. The molecule has 0 radical (unpaired) electrons. The Kier molecular flexibility index (Phi) is 1.87. The molecule has 0 spiro atoms. The Hall–Kier alpha value is -1.25. The SMILES string of the molecule is CC1CC(C)N1C(=O)c1ccco1. The summed E-state index contributed by atoms with van der Waals surface area (Å²) in [5.74, 6) is 0.453. The largest absolute Gasteiger partial charge is 0.459 e. The Balaban J connectivity index is 2.14. The van der Waals surface area contributed by atoms with E-state index in [1.165, 1.54) is 6.26 Å². The molecule has 1 amide bonds. The predicted molar refractivity (Wildman–Crippen MR) is 48.4 cm³/mol. The molecular formula is C10H13NO2. The van der Waals surface area contributed by atoms with Crippen molar-refractivity contribution in [2.24, 2.45) is 0 Å². The Morgan fingerprint density at radius 2 is 2.23 bits per heavy atom. The van der Waals surface area contributed by atoms with Crippen molar-refractivity contribution in [3.05, 3.63) is 24.2 Å². The average molecular weight is 179 g/mol. The molecule has 2 heterocycles. The zero-order chi connectivity index (χ0) is 9.42. The van der Waals surface area contributed by atoms with Crippen LogP contribution in [0.2, 0.25) is 0 Å². The van der Waals surface area contributed by atoms with Gasteiger partial charge in [0, 0.05) is 12.1 Å². The van der Waals surface area contributed by atoms with Gasteiger partial charge in [-0.2, -0.15) is 0 Å². The van der Waals surface area contributed by atoms with Crippen molar-refractivity contribution in [1.82, 2.24) is 4.90 Å². The molecule has 1 aliphatic heterocycles. The minimum absolute atomic E-state index is 0.0104. The van der Waals surface area contributed by atoms with Gasteiger partial charge in [-0.1, -0.05) is 0 Å². The van der Waals surface area contributed by atoms with Crippen molar-refractivity contribution in [3.63, 3.8) is 0 Å². The van der Waals surface area contributed by atoms with Crippen molar-refractivity contribution < 1.29 is 9.21 Å². The number of rotatable bonds is 1. The van der Waals surface area contributed by atoms with Gasteiger partial charge in [0.15, 0.2) is 5.76 Å². The molecule has 2 rings (SSSR count). The zero-order valence-electron chi connectivity index (χ0n) is 7.86. The fraction of sp³-hybridized carbons (Fsp3) is 0.500. The molecule has 1 aromatic heterocycles. The third-order valence-electron chi connectivity index (χ3n) is 2.60. The second kappa shape index (κ2) is 2.91. The van der Waals surface area contributed by atoms with E-state index in [9.17, 15) is 4.79 Å². The molecule has 0 aromatic carbocycles. The topological polar surface area (TPSA) is 33.5 Å². The van der Waals surface area contributed by atoms with Crippen LogP contribution in [-0.2, 0) is 0 Å². The van der Waals surface area contributed by atoms with Crippen LogP contribution in [-0.4, -0.2) is 22.9 Å². The molecule has 70 valence electrons. The number of likely N-dealkylation sites (tertiary alicyclic amines) is 1. The Labute approximate surface area is 77.3 Å². The number of hydrogen-bond donors (Lipinski definition) is 0. The van der Waals surface area contributed by atoms with Crippen LogP contribution in [0, 0.1) is 0 Å². The van der Waals surface area contributed by atoms with E-state index < -0.39 is 0 Å². The van der Waals surface area contributed by atoms with Crippen LogP contribution in [0.1, 0.15) is 30.8 Å². The minimum atomic E-state index is 0.0104. The van der Waals surface area contributed by atoms with E-state index in [4.69, 9.17) is 4.42 Å². The molecule has 1 saturated heterocycles. The molecule has 2 atom stereocenters. The van der Waals surface area contributed by atoms with E-state index in [1.807, 2.05) is 4.90 Å². The molecule has 0 aliphatic carbocycles. The minimum Gasteiger partial charge on any atom is -0.459 e. The summed E-state index contributed by atoms with van der Waals surface area (Å²) in [6.07, 6.45) is 2.62. The molecule has 2 unspecified atom stereocenters. The Morgan fingerprint density at radius 1 is 1.54 bits per heavy atom. The summed E-state index contributed by atoms with van der Waals surface area (Å²) >= 11 is 0. The van der Waals surface area contributed by atoms with E-state index in [0.717, 1.165) is 6.42 Å². The van der Waals surface area contributed by atoms with Crippen molar-refractivity contribution in [2.45, 2.75) is 32.4 Å². The number of nitrogens with zero attached hydrogens (tertiary/aromatic N) is 1. The number of carbonyl (C=O) groups excluding carboxylic acids is 1. The van der Waals surface area contributed by atoms with E-state index in [2.05, 4.69) is 13.8 Å². The Morgan fingerprint density at radius 3 is 2.69 bits per heavy atom. The first-order valence-electron chi connectivity index (χ1n) is 4.56. The smallest absolute Gasteiger partial charge is 0.290 e. The maximum atomic E-state index is 11.7. The second-order valence-electron chi connectivity index (χ2n) is 3.62. The monoisotopic (exact) mass is 179 g/mol. The van der Waals surface area contributed by atoms with Gasteiger partial charge >= 0.3 is 0 Å². The van der Waals surface area contributed by atoms with Gasteiger partial charge in [-0.25, -0.2) is 0 Å². The highest BCUT2D eigenvalue weighted by atomic mass is 16.3. The van der Waals surface area contributed by atoms with E-state index >= 15 is 0 Å². The Bertz CT molecular complexity index is 297. The van der Waals surface area contributed by atoms with Gasteiger partial charge in [-0.05, 0) is 32.4 Å². The number of hydrogen-bond acceptors (Lipinski definition) is 2. The highest BCUT2D eigenvalue weighted by molar-refractivity contribution is 5.92. The highest BCUT2D eigenvalue weighted by Gasteiger charge is 2.36. The molecular weight excluding hydrogens is 166 g/mol. The lowest BCUT2D eigenvalue weighted by molar-refractivity contribution is 0.0236. The summed E-state index contributed by atoms with van der Waals surface area (Å²) in [5, 5.41) is 0. The summed E-state index contributed by atoms with van der Waals surface area (Å²) < 4.78 is 5.06. The van der Waals surface area contributed by atoms with E-state index in [1.54, 1.807) is 12.1 Å². The molecule has 0 bridgehead atoms. The van der Waals surface area contributed by atoms with Gasteiger partial charge in [0.1, 0.15) is 0 Å². The van der Waals surface area contributed by atoms with Crippen LogP contribution in [0.15, 0.2) is 22.8 Å². The average Bonchev–Trinajstić information content (AvgIpc) is 2.55. The van der Waals surface area contributed by atoms with Gasteiger partial charge in [0.25, 0.3) is 5.91 Å². The zero-order valence-corrected chi connectivity index (χ0v) is 7.86. The lowest BCUT2D eigenvalue weighted by Gasteiger charge is -2.44. The summed E-state index contributed by atoms with van der Waals surface area (Å²) in [7, 11) is 0. The van der Waals surface area contributed by atoms with Crippen LogP contribution in [0.4, 0.5) is 0 Å². The molecule has 3 nitrogen and oxygen atoms in total. The third kappa shape index (κ3) is 1.24. The molecule has 1 fully saturated rings. The van der Waals surface area contributed by atoms with E-state index in [-0.39, 0.29) is 5.91 Å². The maximum absolute atomic E-state index is 11.7. The van der Waals surface area contributed by atoms with Gasteiger partial charge in [-0.3, -0.25) is 4.79 Å². The molecule has 3 heteroatoms. The molecule has 0 N–H and O–H groups in total. The lowest BCUT2D eigenvalue weighted by atomic mass is 9.95. The first-order valence-corrected chi connectivity index (χ1v) is 4.56. The first-order chi connectivity index (χ1) is 6.20. The molecule has 1 aliphatic rings. The van der Waals surface area contributed by atoms with Crippen molar-refractivity contribution in [1.29, 1.82) is 0 Å². The third-order valence-corrected chi connectivity index (χ3v) is 2.60. The van der Waals surface area contributed by atoms with Crippen LogP contribution in [0.25, 0.3) is 0 Å². The fourth-order valence-corrected chi connectivity index (χ4v) is 1.95. The summed E-state index contributed by atoms with van der Waals surface area (Å²) in [6.45, 7) is 4.11. The van der Waals surface area contributed by atoms with Gasteiger partial charge in [0.05, 0.1) is 6.26 Å². The number of furan rings is 1. The van der Waals surface area contributed by atoms with Crippen molar-refractivity contribution in [3.8, 4) is 0 Å². The van der Waals surface area contributed by atoms with Gasteiger partial charge in [0.2, 0.25) is 0 Å². The van der Waals surface area contributed by atoms with Crippen LogP contribution >= 0.6 is 0 Å². The van der Waals surface area contributed by atoms with Crippen molar-refractivity contribution >= 4 is 5.91 Å². The normalized spacial score (nSPS) is 27.1. The van der Waals surface area contributed by atoms with Crippen LogP contribution in [0.5, 0.6) is 0 Å². The molecule has 1 aromatic rings. The van der Waals surface area contributed by atoms with Crippen LogP contribution < -0.4 is 0 Å². The first kappa shape index (κ1) is 8.35. The van der Waals surface area contributed by atoms with Crippen LogP contribution in [0.3, 0.4) is 0 Å². The number of carbonyl (C=O) groups is 1. The highest BCUT2D eigenvalue weighted by Crippen LogP contribution is 2.26. The van der Waals surface area contributed by atoms with Gasteiger partial charge < -0.3 is 9.32 Å². The number of amides is 1. The summed E-state index contributed by atoms with van der Waals surface area (Å²) in [5.41, 5.74) is 0. The van der Waals surface area contributed by atoms with E-state index in [0.29, 0.717) is 17.8 Å². The maximum Gasteiger partial charge on any atom is 0.290 e. The fourth-order valence-electron chi connectivity index (χ4n) is 1.95. The predicted octanol–water partition coefficient (Wildman–Crippen LogP) is 1.90. The second-order valence-corrected chi connectivity index (χ2v) is 3.62. The summed E-state index contributed by atoms with van der Waals surface area (Å²) in [6, 6.07) is 4.16. The molecule has 0 saturated carbocycles. The molecule has 13 heavy (non-hydrogen) atoms. The quantitative estimate of drug-likeness (QED) is 0.659.